The Hall–Kier alpha value is -1.15. The summed E-state index contributed by atoms with van der Waals surface area (Å²) in [7, 11) is -3.91. The van der Waals surface area contributed by atoms with Crippen LogP contribution in [-0.4, -0.2) is 33.1 Å². The molecular formula is C13H17ClN2O4S. The summed E-state index contributed by atoms with van der Waals surface area (Å²) in [6.07, 6.45) is 1.82. The molecule has 2 rings (SSSR count). The predicted molar refractivity (Wildman–Crippen MR) is 78.7 cm³/mol. The van der Waals surface area contributed by atoms with E-state index in [2.05, 4.69) is 5.32 Å². The quantitative estimate of drug-likeness (QED) is 0.867. The fourth-order valence-electron chi connectivity index (χ4n) is 2.20. The molecule has 0 aromatic heterocycles. The van der Waals surface area contributed by atoms with Gasteiger partial charge in [0, 0.05) is 23.7 Å². The van der Waals surface area contributed by atoms with Gasteiger partial charge < -0.3 is 10.1 Å². The number of halogens is 1. The lowest BCUT2D eigenvalue weighted by atomic mass is 10.0. The number of nitrogens with two attached hydrogens (primary N) is 1. The van der Waals surface area contributed by atoms with Gasteiger partial charge in [-0.2, -0.15) is 0 Å². The second-order valence-electron chi connectivity index (χ2n) is 5.31. The molecule has 1 saturated heterocycles. The van der Waals surface area contributed by atoms with E-state index in [1.165, 1.54) is 18.2 Å². The van der Waals surface area contributed by atoms with Crippen LogP contribution in [0.3, 0.4) is 0 Å². The third kappa shape index (κ3) is 4.16. The molecule has 0 radical (unpaired) electrons. The highest BCUT2D eigenvalue weighted by atomic mass is 35.5. The summed E-state index contributed by atoms with van der Waals surface area (Å²) in [5.74, 6) is -0.417. The molecule has 0 spiro atoms. The monoisotopic (exact) mass is 332 g/mol. The first-order chi connectivity index (χ1) is 9.70. The van der Waals surface area contributed by atoms with Gasteiger partial charge in [-0.15, -0.1) is 0 Å². The van der Waals surface area contributed by atoms with E-state index in [1.54, 1.807) is 0 Å². The number of carbonyl (C=O) groups is 1. The maximum absolute atomic E-state index is 12.1. The molecule has 1 fully saturated rings. The molecule has 0 saturated carbocycles. The molecule has 1 atom stereocenters. The molecule has 21 heavy (non-hydrogen) atoms. The lowest BCUT2D eigenvalue weighted by Crippen LogP contribution is -2.40. The van der Waals surface area contributed by atoms with Crippen molar-refractivity contribution in [3.63, 3.8) is 0 Å². The average molecular weight is 333 g/mol. The number of sulfonamides is 1. The number of hydrogen-bond acceptors (Lipinski definition) is 4. The van der Waals surface area contributed by atoms with E-state index in [4.69, 9.17) is 21.5 Å². The molecule has 1 aliphatic rings. The molecule has 0 bridgehead atoms. The molecule has 1 aliphatic heterocycles. The number of benzene rings is 1. The van der Waals surface area contributed by atoms with Crippen LogP contribution in [0.5, 0.6) is 0 Å². The Bertz CT molecular complexity index is 654. The summed E-state index contributed by atoms with van der Waals surface area (Å²) in [5.41, 5.74) is -0.232. The van der Waals surface area contributed by atoms with Crippen molar-refractivity contribution in [3.05, 3.63) is 28.8 Å². The van der Waals surface area contributed by atoms with Crippen molar-refractivity contribution in [1.29, 1.82) is 0 Å². The van der Waals surface area contributed by atoms with Crippen molar-refractivity contribution in [2.45, 2.75) is 30.3 Å². The Balaban J connectivity index is 2.14. The molecule has 1 aromatic rings. The zero-order chi connectivity index (χ0) is 15.7. The fourth-order valence-corrected chi connectivity index (χ4v) is 3.09. The number of primary sulfonamides is 1. The minimum Gasteiger partial charge on any atom is -0.373 e. The molecule has 1 unspecified atom stereocenters. The van der Waals surface area contributed by atoms with Gasteiger partial charge in [0.1, 0.15) is 0 Å². The standard InChI is InChI=1S/C13H17ClN2O4S/c1-13(3-2-4-20-13)8-16-12(17)9-5-10(14)7-11(6-9)21(15,18)19/h5-7H,2-4,8H2,1H3,(H,16,17)(H2,15,18,19). The van der Waals surface area contributed by atoms with Crippen LogP contribution < -0.4 is 10.5 Å². The number of amides is 1. The lowest BCUT2D eigenvalue weighted by Gasteiger charge is -2.23. The van der Waals surface area contributed by atoms with Crippen molar-refractivity contribution in [2.75, 3.05) is 13.2 Å². The molecular weight excluding hydrogens is 316 g/mol. The van der Waals surface area contributed by atoms with Crippen molar-refractivity contribution < 1.29 is 17.9 Å². The average Bonchev–Trinajstić information content (AvgIpc) is 2.82. The van der Waals surface area contributed by atoms with E-state index in [1.807, 2.05) is 6.92 Å². The van der Waals surface area contributed by atoms with Crippen LogP contribution in [0, 0.1) is 0 Å². The van der Waals surface area contributed by atoms with E-state index in [-0.39, 0.29) is 21.1 Å². The summed E-state index contributed by atoms with van der Waals surface area (Å²) < 4.78 is 28.3. The maximum atomic E-state index is 12.1. The highest BCUT2D eigenvalue weighted by Crippen LogP contribution is 2.24. The normalized spacial score (nSPS) is 22.2. The van der Waals surface area contributed by atoms with E-state index < -0.39 is 15.9 Å². The van der Waals surface area contributed by atoms with E-state index >= 15 is 0 Å². The smallest absolute Gasteiger partial charge is 0.251 e. The Kier molecular flexibility index (Phi) is 4.57. The van der Waals surface area contributed by atoms with Crippen molar-refractivity contribution in [3.8, 4) is 0 Å². The van der Waals surface area contributed by atoms with Gasteiger partial charge >= 0.3 is 0 Å². The SMILES string of the molecule is CC1(CNC(=O)c2cc(Cl)cc(S(N)(=O)=O)c2)CCCO1. The number of rotatable bonds is 4. The summed E-state index contributed by atoms with van der Waals surface area (Å²) in [6.45, 7) is 2.95. The van der Waals surface area contributed by atoms with Gasteiger partial charge in [0.15, 0.2) is 0 Å². The van der Waals surface area contributed by atoms with E-state index in [0.717, 1.165) is 12.8 Å². The molecule has 1 heterocycles. The third-order valence-corrected chi connectivity index (χ3v) is 4.50. The summed E-state index contributed by atoms with van der Waals surface area (Å²) in [5, 5.41) is 7.91. The van der Waals surface area contributed by atoms with Crippen LogP contribution in [0.1, 0.15) is 30.1 Å². The molecule has 6 nitrogen and oxygen atoms in total. The van der Waals surface area contributed by atoms with Crippen molar-refractivity contribution in [1.82, 2.24) is 5.32 Å². The van der Waals surface area contributed by atoms with Crippen LogP contribution in [0.25, 0.3) is 0 Å². The Morgan fingerprint density at radius 1 is 1.48 bits per heavy atom. The van der Waals surface area contributed by atoms with Crippen LogP contribution in [0.15, 0.2) is 23.1 Å². The zero-order valence-electron chi connectivity index (χ0n) is 11.6. The third-order valence-electron chi connectivity index (χ3n) is 3.39. The molecule has 0 aliphatic carbocycles. The Morgan fingerprint density at radius 3 is 2.76 bits per heavy atom. The lowest BCUT2D eigenvalue weighted by molar-refractivity contribution is 0.0206. The summed E-state index contributed by atoms with van der Waals surface area (Å²) >= 11 is 5.83. The minimum absolute atomic E-state index is 0.134. The van der Waals surface area contributed by atoms with Gasteiger partial charge in [0.25, 0.3) is 5.91 Å². The second kappa shape index (κ2) is 5.92. The minimum atomic E-state index is -3.91. The number of hydrogen-bond donors (Lipinski definition) is 2. The van der Waals surface area contributed by atoms with Crippen LogP contribution in [0.4, 0.5) is 0 Å². The van der Waals surface area contributed by atoms with E-state index in [0.29, 0.717) is 13.2 Å². The number of nitrogens with one attached hydrogen (secondary N) is 1. The summed E-state index contributed by atoms with van der Waals surface area (Å²) in [6, 6.07) is 3.80. The molecule has 3 N–H and O–H groups in total. The van der Waals surface area contributed by atoms with Crippen molar-refractivity contribution in [2.24, 2.45) is 5.14 Å². The Labute approximate surface area is 128 Å². The first-order valence-electron chi connectivity index (χ1n) is 6.45. The van der Waals surface area contributed by atoms with Gasteiger partial charge in [-0.25, -0.2) is 13.6 Å². The first kappa shape index (κ1) is 16.2. The van der Waals surface area contributed by atoms with Gasteiger partial charge in [-0.3, -0.25) is 4.79 Å². The Morgan fingerprint density at radius 2 is 2.19 bits per heavy atom. The topological polar surface area (TPSA) is 98.5 Å². The van der Waals surface area contributed by atoms with Crippen molar-refractivity contribution >= 4 is 27.5 Å². The van der Waals surface area contributed by atoms with Gasteiger partial charge in [0.2, 0.25) is 10.0 Å². The largest absolute Gasteiger partial charge is 0.373 e. The molecule has 116 valence electrons. The number of ether oxygens (including phenoxy) is 1. The van der Waals surface area contributed by atoms with Gasteiger partial charge in [0.05, 0.1) is 10.5 Å². The van der Waals surface area contributed by atoms with Crippen LogP contribution in [-0.2, 0) is 14.8 Å². The van der Waals surface area contributed by atoms with Gasteiger partial charge in [-0.05, 0) is 38.0 Å². The highest BCUT2D eigenvalue weighted by Gasteiger charge is 2.30. The summed E-state index contributed by atoms with van der Waals surface area (Å²) in [4.78, 5) is 11.9. The fraction of sp³-hybridized carbons (Fsp3) is 0.462. The molecule has 1 aromatic carbocycles. The zero-order valence-corrected chi connectivity index (χ0v) is 13.1. The number of carbonyl (C=O) groups excluding carboxylic acids is 1. The molecule has 1 amide bonds. The van der Waals surface area contributed by atoms with E-state index in [9.17, 15) is 13.2 Å². The predicted octanol–water partition coefficient (Wildman–Crippen LogP) is 1.29. The second-order valence-corrected chi connectivity index (χ2v) is 7.30. The first-order valence-corrected chi connectivity index (χ1v) is 8.38. The van der Waals surface area contributed by atoms with Crippen LogP contribution in [0.2, 0.25) is 5.02 Å². The maximum Gasteiger partial charge on any atom is 0.251 e. The van der Waals surface area contributed by atoms with Crippen LogP contribution >= 0.6 is 11.6 Å². The van der Waals surface area contributed by atoms with Gasteiger partial charge in [-0.1, -0.05) is 11.6 Å². The highest BCUT2D eigenvalue weighted by molar-refractivity contribution is 7.89. The molecule has 8 heteroatoms.